The van der Waals surface area contributed by atoms with Crippen molar-refractivity contribution >= 4 is 5.69 Å². The Kier molecular flexibility index (Phi) is 2.42. The monoisotopic (exact) mass is 183 g/mol. The summed E-state index contributed by atoms with van der Waals surface area (Å²) in [5.41, 5.74) is 5.30. The van der Waals surface area contributed by atoms with Crippen molar-refractivity contribution in [1.82, 2.24) is 4.98 Å². The van der Waals surface area contributed by atoms with Gasteiger partial charge in [0.2, 0.25) is 0 Å². The smallest absolute Gasteiger partial charge is 0.280 e. The predicted molar refractivity (Wildman–Crippen MR) is 43.1 cm³/mol. The first-order valence-corrected chi connectivity index (χ1v) is 3.51. The van der Waals surface area contributed by atoms with E-state index in [2.05, 4.69) is 4.98 Å². The average molecular weight is 183 g/mol. The van der Waals surface area contributed by atoms with Gasteiger partial charge < -0.3 is 5.73 Å². The number of hydrogen-bond acceptors (Lipinski definition) is 3. The number of nitrogen functional groups attached to an aromatic ring is 1. The van der Waals surface area contributed by atoms with Crippen LogP contribution in [0.25, 0.3) is 0 Å². The first kappa shape index (κ1) is 9.39. The maximum absolute atomic E-state index is 12.3. The molecular weight excluding hydrogens is 176 g/mol. The van der Waals surface area contributed by atoms with E-state index in [1.54, 1.807) is 6.07 Å². The lowest BCUT2D eigenvalue weighted by molar-refractivity contribution is 0.145. The van der Waals surface area contributed by atoms with Gasteiger partial charge in [0.05, 0.1) is 0 Å². The fourth-order valence-electron chi connectivity index (χ4n) is 0.919. The van der Waals surface area contributed by atoms with Crippen LogP contribution in [0.15, 0.2) is 6.07 Å². The number of hydrogen-bond donors (Lipinski definition) is 1. The Labute approximate surface area is 73.8 Å². The average Bonchev–Trinajstić information content (AvgIpc) is 2.09. The van der Waals surface area contributed by atoms with Gasteiger partial charge in [0, 0.05) is 5.69 Å². The third-order valence-electron chi connectivity index (χ3n) is 1.67. The molecule has 0 atom stereocenters. The molecule has 1 aromatic rings. The normalized spacial score (nSPS) is 10.1. The second kappa shape index (κ2) is 3.35. The van der Waals surface area contributed by atoms with Crippen molar-refractivity contribution in [3.63, 3.8) is 0 Å². The molecule has 0 aromatic carbocycles. The van der Waals surface area contributed by atoms with Crippen molar-refractivity contribution in [3.8, 4) is 6.07 Å². The Hall–Kier alpha value is -1.70. The summed E-state index contributed by atoms with van der Waals surface area (Å²) in [6, 6.07) is 2.94. The lowest BCUT2D eigenvalue weighted by Gasteiger charge is -2.06. The van der Waals surface area contributed by atoms with Gasteiger partial charge in [-0.15, -0.1) is 0 Å². The van der Waals surface area contributed by atoms with Crippen molar-refractivity contribution < 1.29 is 8.78 Å². The van der Waals surface area contributed by atoms with E-state index in [0.717, 1.165) is 0 Å². The van der Waals surface area contributed by atoms with E-state index in [4.69, 9.17) is 11.0 Å². The number of nitrogens with zero attached hydrogens (tertiary/aromatic N) is 2. The lowest BCUT2D eigenvalue weighted by Crippen LogP contribution is -2.01. The molecule has 0 saturated carbocycles. The highest BCUT2D eigenvalue weighted by Crippen LogP contribution is 2.24. The summed E-state index contributed by atoms with van der Waals surface area (Å²) in [5, 5.41) is 8.45. The molecule has 0 saturated heterocycles. The molecule has 2 N–H and O–H groups in total. The van der Waals surface area contributed by atoms with E-state index in [-0.39, 0.29) is 16.9 Å². The van der Waals surface area contributed by atoms with Crippen molar-refractivity contribution in [2.75, 3.05) is 5.73 Å². The second-order valence-electron chi connectivity index (χ2n) is 2.52. The molecule has 0 fully saturated rings. The number of rotatable bonds is 1. The minimum Gasteiger partial charge on any atom is -0.398 e. The molecule has 0 radical (unpaired) electrons. The highest BCUT2D eigenvalue weighted by atomic mass is 19.3. The molecule has 0 aliphatic rings. The molecule has 0 unspecified atom stereocenters. The molecule has 13 heavy (non-hydrogen) atoms. The van der Waals surface area contributed by atoms with Crippen LogP contribution >= 0.6 is 0 Å². The Morgan fingerprint density at radius 3 is 2.69 bits per heavy atom. The third kappa shape index (κ3) is 1.72. The van der Waals surface area contributed by atoms with Gasteiger partial charge in [-0.25, -0.2) is 13.8 Å². The highest BCUT2D eigenvalue weighted by Gasteiger charge is 2.15. The van der Waals surface area contributed by atoms with E-state index in [0.29, 0.717) is 0 Å². The first-order chi connectivity index (χ1) is 6.06. The minimum atomic E-state index is -2.70. The molecule has 5 heteroatoms. The van der Waals surface area contributed by atoms with E-state index >= 15 is 0 Å². The maximum Gasteiger partial charge on any atom is 0.280 e. The van der Waals surface area contributed by atoms with Crippen LogP contribution in [0.2, 0.25) is 0 Å². The largest absolute Gasteiger partial charge is 0.398 e. The number of nitrogens with two attached hydrogens (primary N) is 1. The van der Waals surface area contributed by atoms with Crippen LogP contribution < -0.4 is 5.73 Å². The topological polar surface area (TPSA) is 62.7 Å². The third-order valence-corrected chi connectivity index (χ3v) is 1.67. The van der Waals surface area contributed by atoms with E-state index < -0.39 is 12.1 Å². The Morgan fingerprint density at radius 1 is 1.62 bits per heavy atom. The lowest BCUT2D eigenvalue weighted by atomic mass is 10.1. The number of nitriles is 1. The predicted octanol–water partition coefficient (Wildman–Crippen LogP) is 1.78. The molecule has 0 aliphatic carbocycles. The summed E-state index contributed by atoms with van der Waals surface area (Å²) in [4.78, 5) is 3.46. The number of alkyl halides is 2. The van der Waals surface area contributed by atoms with Gasteiger partial charge in [0.15, 0.2) is 0 Å². The molecule has 0 amide bonds. The van der Waals surface area contributed by atoms with E-state index in [9.17, 15) is 8.78 Å². The van der Waals surface area contributed by atoms with Crippen LogP contribution in [0.1, 0.15) is 23.4 Å². The standard InChI is InChI=1S/C8H7F2N3/c1-4-6(12)2-5(3-11)13-7(4)8(9)10/h2,8H,1H3,(H2,12,13). The van der Waals surface area contributed by atoms with Crippen LogP contribution in [0.3, 0.4) is 0 Å². The number of aromatic nitrogens is 1. The van der Waals surface area contributed by atoms with Crippen molar-refractivity contribution in [1.29, 1.82) is 5.26 Å². The summed E-state index contributed by atoms with van der Waals surface area (Å²) >= 11 is 0. The van der Waals surface area contributed by atoms with Gasteiger partial charge in [-0.2, -0.15) is 5.26 Å². The molecule has 0 aliphatic heterocycles. The van der Waals surface area contributed by atoms with Crippen molar-refractivity contribution in [3.05, 3.63) is 23.0 Å². The Balaban J connectivity index is 3.35. The summed E-state index contributed by atoms with van der Waals surface area (Å²) in [7, 11) is 0. The molecule has 0 bridgehead atoms. The molecular formula is C8H7F2N3. The number of anilines is 1. The minimum absolute atomic E-state index is 0.0848. The Morgan fingerprint density at radius 2 is 2.23 bits per heavy atom. The van der Waals surface area contributed by atoms with Gasteiger partial charge >= 0.3 is 0 Å². The van der Waals surface area contributed by atoms with Crippen LogP contribution in [0.4, 0.5) is 14.5 Å². The van der Waals surface area contributed by atoms with Crippen molar-refractivity contribution in [2.24, 2.45) is 0 Å². The van der Waals surface area contributed by atoms with E-state index in [1.807, 2.05) is 0 Å². The summed E-state index contributed by atoms with van der Waals surface area (Å²) in [5.74, 6) is 0. The fourth-order valence-corrected chi connectivity index (χ4v) is 0.919. The van der Waals surface area contributed by atoms with Gasteiger partial charge in [-0.3, -0.25) is 0 Å². The molecule has 68 valence electrons. The summed E-state index contributed by atoms with van der Waals surface area (Å²) in [6.45, 7) is 1.45. The molecule has 1 heterocycles. The molecule has 3 nitrogen and oxygen atoms in total. The van der Waals surface area contributed by atoms with Crippen LogP contribution in [0, 0.1) is 18.3 Å². The van der Waals surface area contributed by atoms with Gasteiger partial charge in [0.1, 0.15) is 17.5 Å². The fraction of sp³-hybridized carbons (Fsp3) is 0.250. The van der Waals surface area contributed by atoms with Crippen molar-refractivity contribution in [2.45, 2.75) is 13.3 Å². The van der Waals surface area contributed by atoms with Crippen LogP contribution in [0.5, 0.6) is 0 Å². The van der Waals surface area contributed by atoms with Gasteiger partial charge in [0.25, 0.3) is 6.43 Å². The van der Waals surface area contributed by atoms with Gasteiger partial charge in [-0.1, -0.05) is 0 Å². The SMILES string of the molecule is Cc1c(N)cc(C#N)nc1C(F)F. The summed E-state index contributed by atoms with van der Waals surface area (Å²) < 4.78 is 24.6. The molecule has 0 spiro atoms. The van der Waals surface area contributed by atoms with E-state index in [1.165, 1.54) is 13.0 Å². The molecule has 1 aromatic heterocycles. The first-order valence-electron chi connectivity index (χ1n) is 3.51. The zero-order valence-corrected chi connectivity index (χ0v) is 6.88. The Bertz CT molecular complexity index is 368. The highest BCUT2D eigenvalue weighted by molar-refractivity contribution is 5.51. The molecule has 1 rings (SSSR count). The number of halogens is 2. The summed E-state index contributed by atoms with van der Waals surface area (Å²) in [6.07, 6.45) is -2.70. The zero-order chi connectivity index (χ0) is 10.0. The number of pyridine rings is 1. The maximum atomic E-state index is 12.3. The van der Waals surface area contributed by atoms with Crippen LogP contribution in [-0.2, 0) is 0 Å². The van der Waals surface area contributed by atoms with Crippen LogP contribution in [-0.4, -0.2) is 4.98 Å². The zero-order valence-electron chi connectivity index (χ0n) is 6.88. The second-order valence-corrected chi connectivity index (χ2v) is 2.52. The van der Waals surface area contributed by atoms with Gasteiger partial charge in [-0.05, 0) is 18.6 Å². The quantitative estimate of drug-likeness (QED) is 0.721.